The first-order chi connectivity index (χ1) is 4.24. The van der Waals surface area contributed by atoms with E-state index in [0.717, 1.165) is 0 Å². The highest BCUT2D eigenvalue weighted by Gasteiger charge is 2.16. The van der Waals surface area contributed by atoms with Crippen LogP contribution in [0.1, 0.15) is 27.7 Å². The number of rotatable bonds is 4. The lowest BCUT2D eigenvalue weighted by Gasteiger charge is -2.34. The summed E-state index contributed by atoms with van der Waals surface area (Å²) in [5, 5.41) is 0. The first-order valence-electron chi connectivity index (χ1n) is 4.09. The molecule has 12 heavy (non-hydrogen) atoms. The van der Waals surface area contributed by atoms with Gasteiger partial charge in [-0.25, -0.2) is 0 Å². The van der Waals surface area contributed by atoms with E-state index in [1.807, 2.05) is 0 Å². The molecule has 3 nitrogen and oxygen atoms in total. The summed E-state index contributed by atoms with van der Waals surface area (Å²) in [5.74, 6) is 0. The average molecular weight is 185 g/mol. The summed E-state index contributed by atoms with van der Waals surface area (Å²) in [5.41, 5.74) is 0. The Morgan fingerprint density at radius 3 is 0.833 bits per heavy atom. The van der Waals surface area contributed by atoms with Crippen LogP contribution in [-0.2, 0) is 0 Å². The Kier molecular flexibility index (Phi) is 20.4. The molecule has 0 aromatic heterocycles. The lowest BCUT2D eigenvalue weighted by molar-refractivity contribution is -0.921. The van der Waals surface area contributed by atoms with Crippen LogP contribution in [0.4, 0.5) is 0 Å². The summed E-state index contributed by atoms with van der Waals surface area (Å²) in [6.45, 7) is 14.2. The van der Waals surface area contributed by atoms with Crippen molar-refractivity contribution in [3.63, 3.8) is 0 Å². The first-order valence-corrected chi connectivity index (χ1v) is 4.09. The maximum Gasteiger partial charge on any atom is 0.0757 e. The van der Waals surface area contributed by atoms with Crippen molar-refractivity contribution in [1.29, 1.82) is 0 Å². The molecule has 0 aromatic rings. The van der Waals surface area contributed by atoms with Crippen LogP contribution in [0, 0.1) is 0 Å². The van der Waals surface area contributed by atoms with E-state index in [-0.39, 0.29) is 15.7 Å². The lowest BCUT2D eigenvalue weighted by Crippen LogP contribution is -3.00. The minimum atomic E-state index is 0. The summed E-state index contributed by atoms with van der Waals surface area (Å²) in [4.78, 5) is 0. The zero-order valence-electron chi connectivity index (χ0n) is 8.65. The molecule has 4 heteroatoms. The van der Waals surface area contributed by atoms with E-state index in [1.165, 1.54) is 30.7 Å². The summed E-state index contributed by atoms with van der Waals surface area (Å²) < 4.78 is 1.28. The second-order valence-electron chi connectivity index (χ2n) is 2.61. The third-order valence-electron chi connectivity index (χ3n) is 2.68. The Hall–Kier alpha value is -0.190. The molecule has 4 N–H and O–H groups in total. The van der Waals surface area contributed by atoms with Gasteiger partial charge in [-0.15, -0.1) is 0 Å². The number of quaternary nitrogens is 1. The third-order valence-corrected chi connectivity index (χ3v) is 2.68. The van der Waals surface area contributed by atoms with Crippen molar-refractivity contribution in [1.82, 2.24) is 0 Å². The van der Waals surface area contributed by atoms with Crippen molar-refractivity contribution in [2.75, 3.05) is 26.2 Å². The molecule has 0 aromatic carbocycles. The molecule has 0 atom stereocenters. The summed E-state index contributed by atoms with van der Waals surface area (Å²) in [6.07, 6.45) is 0. The molecular formula is C8H24FNO2. The van der Waals surface area contributed by atoms with Crippen molar-refractivity contribution >= 4 is 0 Å². The maximum absolute atomic E-state index is 2.27. The fraction of sp³-hybridized carbons (Fsp3) is 1.00. The van der Waals surface area contributed by atoms with Crippen LogP contribution >= 0.6 is 0 Å². The predicted molar refractivity (Wildman–Crippen MR) is 49.7 cm³/mol. The number of nitrogens with zero attached hydrogens (tertiary/aromatic N) is 1. The van der Waals surface area contributed by atoms with Gasteiger partial charge < -0.3 is 20.1 Å². The second-order valence-corrected chi connectivity index (χ2v) is 2.61. The molecule has 0 aliphatic heterocycles. The predicted octanol–water partition coefficient (Wildman–Crippen LogP) is -2.76. The van der Waals surface area contributed by atoms with Crippen LogP contribution < -0.4 is 4.70 Å². The normalized spacial score (nSPS) is 9.00. The standard InChI is InChI=1S/C8H20N.FH.2H2O/c1-5-9(6-2,7-3)8-4;;;/h5-8H2,1-4H3;1H;2*1H2/q+1;;;/p-1. The van der Waals surface area contributed by atoms with Crippen molar-refractivity contribution in [3.05, 3.63) is 0 Å². The fourth-order valence-corrected chi connectivity index (χ4v) is 1.34. The monoisotopic (exact) mass is 185 g/mol. The Morgan fingerprint density at radius 1 is 0.667 bits per heavy atom. The highest BCUT2D eigenvalue weighted by atomic mass is 19.0. The average Bonchev–Trinajstić information content (AvgIpc) is 1.95. The first kappa shape index (κ1) is 22.6. The van der Waals surface area contributed by atoms with Gasteiger partial charge in [0.1, 0.15) is 0 Å². The van der Waals surface area contributed by atoms with E-state index in [1.54, 1.807) is 0 Å². The van der Waals surface area contributed by atoms with E-state index in [9.17, 15) is 0 Å². The van der Waals surface area contributed by atoms with E-state index in [4.69, 9.17) is 0 Å². The van der Waals surface area contributed by atoms with Gasteiger partial charge in [0.05, 0.1) is 26.2 Å². The zero-order chi connectivity index (χ0) is 7.33. The number of hydrogen-bond acceptors (Lipinski definition) is 0. The molecule has 0 bridgehead atoms. The van der Waals surface area contributed by atoms with Crippen LogP contribution in [0.25, 0.3) is 0 Å². The van der Waals surface area contributed by atoms with E-state index in [2.05, 4.69) is 27.7 Å². The molecule has 0 rings (SSSR count). The largest absolute Gasteiger partial charge is 1.00 e. The van der Waals surface area contributed by atoms with Gasteiger partial charge in [-0.3, -0.25) is 0 Å². The molecule has 0 heterocycles. The van der Waals surface area contributed by atoms with Crippen molar-refractivity contribution in [2.24, 2.45) is 0 Å². The van der Waals surface area contributed by atoms with Crippen molar-refractivity contribution in [2.45, 2.75) is 27.7 Å². The van der Waals surface area contributed by atoms with Gasteiger partial charge in [-0.05, 0) is 27.7 Å². The van der Waals surface area contributed by atoms with Gasteiger partial charge in [-0.1, -0.05) is 0 Å². The van der Waals surface area contributed by atoms with Gasteiger partial charge in [0, 0.05) is 0 Å². The topological polar surface area (TPSA) is 63.0 Å². The van der Waals surface area contributed by atoms with Gasteiger partial charge in [0.2, 0.25) is 0 Å². The Balaban J connectivity index is -0.000000107. The molecule has 0 aliphatic rings. The van der Waals surface area contributed by atoms with Crippen molar-refractivity contribution in [3.8, 4) is 0 Å². The minimum Gasteiger partial charge on any atom is -1.00 e. The van der Waals surface area contributed by atoms with E-state index >= 15 is 0 Å². The highest BCUT2D eigenvalue weighted by Crippen LogP contribution is 2.03. The van der Waals surface area contributed by atoms with E-state index in [0.29, 0.717) is 0 Å². The Bertz CT molecular complexity index is 59.9. The molecule has 0 saturated carbocycles. The van der Waals surface area contributed by atoms with E-state index < -0.39 is 0 Å². The molecule has 0 amide bonds. The van der Waals surface area contributed by atoms with Gasteiger partial charge in [-0.2, -0.15) is 0 Å². The summed E-state index contributed by atoms with van der Waals surface area (Å²) in [7, 11) is 0. The zero-order valence-corrected chi connectivity index (χ0v) is 8.65. The van der Waals surface area contributed by atoms with Crippen LogP contribution in [0.3, 0.4) is 0 Å². The third kappa shape index (κ3) is 5.46. The van der Waals surface area contributed by atoms with Gasteiger partial charge in [0.15, 0.2) is 0 Å². The molecule has 0 unspecified atom stereocenters. The quantitative estimate of drug-likeness (QED) is 0.426. The molecule has 0 aliphatic carbocycles. The smallest absolute Gasteiger partial charge is 0.0757 e. The molecule has 0 saturated heterocycles. The minimum absolute atomic E-state index is 0. The molecule has 0 fully saturated rings. The second kappa shape index (κ2) is 10.8. The maximum atomic E-state index is 2.27. The molecule has 0 radical (unpaired) electrons. The van der Waals surface area contributed by atoms with Gasteiger partial charge in [0.25, 0.3) is 0 Å². The van der Waals surface area contributed by atoms with Gasteiger partial charge >= 0.3 is 0 Å². The number of halogens is 1. The molecule has 0 spiro atoms. The molecule has 80 valence electrons. The van der Waals surface area contributed by atoms with Crippen molar-refractivity contribution < 1.29 is 20.1 Å². The lowest BCUT2D eigenvalue weighted by atomic mass is 10.3. The van der Waals surface area contributed by atoms with Crippen LogP contribution in [0.15, 0.2) is 0 Å². The van der Waals surface area contributed by atoms with Crippen LogP contribution in [0.5, 0.6) is 0 Å². The Labute approximate surface area is 75.0 Å². The van der Waals surface area contributed by atoms with Crippen LogP contribution in [-0.4, -0.2) is 41.6 Å². The van der Waals surface area contributed by atoms with Crippen LogP contribution in [0.2, 0.25) is 0 Å². The number of hydrogen-bond donors (Lipinski definition) is 0. The fourth-order valence-electron chi connectivity index (χ4n) is 1.34. The summed E-state index contributed by atoms with van der Waals surface area (Å²) in [6, 6.07) is 0. The Morgan fingerprint density at radius 2 is 0.833 bits per heavy atom. The SMILES string of the molecule is CC[N+](CC)(CC)CC.O.O.[F-]. The summed E-state index contributed by atoms with van der Waals surface area (Å²) >= 11 is 0. The molecular weight excluding hydrogens is 161 g/mol. The highest BCUT2D eigenvalue weighted by molar-refractivity contribution is 4.31.